The van der Waals surface area contributed by atoms with Crippen molar-refractivity contribution in [3.63, 3.8) is 0 Å². The highest BCUT2D eigenvalue weighted by Crippen LogP contribution is 2.22. The Bertz CT molecular complexity index is 88.9. The lowest BCUT2D eigenvalue weighted by molar-refractivity contribution is 0.0430. The summed E-state index contributed by atoms with van der Waals surface area (Å²) >= 11 is 0. The van der Waals surface area contributed by atoms with Gasteiger partial charge in [-0.15, -0.1) is 0 Å². The first-order chi connectivity index (χ1) is 5.13. The molecule has 1 nitrogen and oxygen atoms in total. The minimum Gasteiger partial charge on any atom is -0.381 e. The minimum atomic E-state index is 0.412. The number of hydrogen-bond donors (Lipinski definition) is 0. The summed E-state index contributed by atoms with van der Waals surface area (Å²) in [6.45, 7) is 8.95. The first-order valence-electron chi connectivity index (χ1n) is 4.66. The fraction of sp³-hybridized carbons (Fsp3) is 1.00. The van der Waals surface area contributed by atoms with Gasteiger partial charge in [0.1, 0.15) is 0 Å². The van der Waals surface area contributed by atoms with E-state index in [1.165, 1.54) is 12.8 Å². The zero-order valence-corrected chi connectivity index (χ0v) is 8.55. The average Bonchev–Trinajstić information content (AvgIpc) is 1.98. The fourth-order valence-electron chi connectivity index (χ4n) is 1.62. The first-order valence-corrected chi connectivity index (χ1v) is 4.66. The van der Waals surface area contributed by atoms with Crippen LogP contribution in [0.15, 0.2) is 0 Å². The molecule has 0 aromatic carbocycles. The van der Waals surface area contributed by atoms with Gasteiger partial charge in [0.05, 0.1) is 6.10 Å². The molecule has 0 aromatic rings. The largest absolute Gasteiger partial charge is 0.381 e. The lowest BCUT2D eigenvalue weighted by Crippen LogP contribution is -2.24. The Balaban J connectivity index is 3.87. The molecule has 0 aliphatic rings. The molecule has 0 aromatic heterocycles. The van der Waals surface area contributed by atoms with Crippen LogP contribution < -0.4 is 0 Å². The number of rotatable bonds is 5. The van der Waals surface area contributed by atoms with Gasteiger partial charge in [0, 0.05) is 7.11 Å². The molecule has 0 heterocycles. The fourth-order valence-corrected chi connectivity index (χ4v) is 1.62. The molecule has 2 unspecified atom stereocenters. The van der Waals surface area contributed by atoms with Crippen molar-refractivity contribution >= 4 is 0 Å². The maximum atomic E-state index is 5.33. The van der Waals surface area contributed by atoms with E-state index in [0.29, 0.717) is 6.10 Å². The quantitative estimate of drug-likeness (QED) is 0.597. The predicted octanol–water partition coefficient (Wildman–Crippen LogP) is 3.09. The Hall–Kier alpha value is -0.0400. The van der Waals surface area contributed by atoms with Crippen molar-refractivity contribution < 1.29 is 4.74 Å². The smallest absolute Gasteiger partial charge is 0.0573 e. The topological polar surface area (TPSA) is 9.23 Å². The molecular formula is C10H22O. The summed E-state index contributed by atoms with van der Waals surface area (Å²) in [5.74, 6) is 1.47. The second-order valence-electron chi connectivity index (χ2n) is 3.64. The normalized spacial score (nSPS) is 16.9. The lowest BCUT2D eigenvalue weighted by Gasteiger charge is -2.25. The predicted molar refractivity (Wildman–Crippen MR) is 49.7 cm³/mol. The molecule has 2 atom stereocenters. The van der Waals surface area contributed by atoms with Crippen LogP contribution in [0.3, 0.4) is 0 Å². The van der Waals surface area contributed by atoms with Crippen molar-refractivity contribution in [3.05, 3.63) is 0 Å². The maximum absolute atomic E-state index is 5.33. The van der Waals surface area contributed by atoms with Crippen molar-refractivity contribution in [2.75, 3.05) is 7.11 Å². The molecule has 1 heteroatoms. The molecule has 0 saturated heterocycles. The van der Waals surface area contributed by atoms with E-state index in [4.69, 9.17) is 4.74 Å². The number of ether oxygens (including phenoxy) is 1. The van der Waals surface area contributed by atoms with Crippen molar-refractivity contribution in [3.8, 4) is 0 Å². The Morgan fingerprint density at radius 3 is 2.00 bits per heavy atom. The summed E-state index contributed by atoms with van der Waals surface area (Å²) in [7, 11) is 1.80. The molecule has 0 radical (unpaired) electrons. The van der Waals surface area contributed by atoms with Gasteiger partial charge >= 0.3 is 0 Å². The van der Waals surface area contributed by atoms with Gasteiger partial charge in [-0.25, -0.2) is 0 Å². The average molecular weight is 158 g/mol. The van der Waals surface area contributed by atoms with E-state index < -0.39 is 0 Å². The molecule has 0 saturated carbocycles. The van der Waals surface area contributed by atoms with Gasteiger partial charge in [0.2, 0.25) is 0 Å². The van der Waals surface area contributed by atoms with Crippen LogP contribution in [-0.4, -0.2) is 13.2 Å². The summed E-state index contributed by atoms with van der Waals surface area (Å²) in [6.07, 6.45) is 2.96. The van der Waals surface area contributed by atoms with E-state index in [0.717, 1.165) is 11.8 Å². The van der Waals surface area contributed by atoms with Gasteiger partial charge < -0.3 is 4.74 Å². The molecule has 0 spiro atoms. The SMILES string of the molecule is CCCC(C(C)C)C(C)OC. The van der Waals surface area contributed by atoms with Crippen molar-refractivity contribution in [2.24, 2.45) is 11.8 Å². The van der Waals surface area contributed by atoms with E-state index in [-0.39, 0.29) is 0 Å². The summed E-state index contributed by atoms with van der Waals surface area (Å²) < 4.78 is 5.33. The second-order valence-corrected chi connectivity index (χ2v) is 3.64. The van der Waals surface area contributed by atoms with Crippen LogP contribution in [0.1, 0.15) is 40.5 Å². The second kappa shape index (κ2) is 5.59. The molecular weight excluding hydrogens is 136 g/mol. The van der Waals surface area contributed by atoms with E-state index in [1.807, 2.05) is 0 Å². The molecule has 0 amide bonds. The first kappa shape index (κ1) is 11.0. The van der Waals surface area contributed by atoms with E-state index >= 15 is 0 Å². The highest BCUT2D eigenvalue weighted by molar-refractivity contribution is 4.68. The van der Waals surface area contributed by atoms with Crippen LogP contribution in [0, 0.1) is 11.8 Å². The third-order valence-corrected chi connectivity index (χ3v) is 2.45. The Morgan fingerprint density at radius 2 is 1.73 bits per heavy atom. The number of methoxy groups -OCH3 is 1. The molecule has 68 valence electrons. The van der Waals surface area contributed by atoms with E-state index in [9.17, 15) is 0 Å². The molecule has 0 rings (SSSR count). The summed E-state index contributed by atoms with van der Waals surface area (Å²) in [5.41, 5.74) is 0. The standard InChI is InChI=1S/C10H22O/c1-6-7-10(8(2)3)9(4)11-5/h8-10H,6-7H2,1-5H3. The van der Waals surface area contributed by atoms with Gasteiger partial charge in [-0.2, -0.15) is 0 Å². The summed E-state index contributed by atoms with van der Waals surface area (Å²) in [6, 6.07) is 0. The van der Waals surface area contributed by atoms with E-state index in [1.54, 1.807) is 7.11 Å². The molecule has 0 bridgehead atoms. The van der Waals surface area contributed by atoms with Crippen LogP contribution >= 0.6 is 0 Å². The molecule has 0 fully saturated rings. The molecule has 0 aliphatic heterocycles. The Morgan fingerprint density at radius 1 is 1.18 bits per heavy atom. The Kier molecular flexibility index (Phi) is 5.57. The third kappa shape index (κ3) is 3.76. The zero-order chi connectivity index (χ0) is 8.85. The van der Waals surface area contributed by atoms with Crippen molar-refractivity contribution in [2.45, 2.75) is 46.6 Å². The van der Waals surface area contributed by atoms with Gasteiger partial charge in [-0.05, 0) is 25.2 Å². The van der Waals surface area contributed by atoms with Gasteiger partial charge in [-0.1, -0.05) is 27.2 Å². The summed E-state index contributed by atoms with van der Waals surface area (Å²) in [4.78, 5) is 0. The number of hydrogen-bond acceptors (Lipinski definition) is 1. The third-order valence-electron chi connectivity index (χ3n) is 2.45. The lowest BCUT2D eigenvalue weighted by atomic mass is 9.87. The van der Waals surface area contributed by atoms with Crippen LogP contribution in [0.2, 0.25) is 0 Å². The maximum Gasteiger partial charge on any atom is 0.0573 e. The van der Waals surface area contributed by atoms with Crippen LogP contribution in [0.25, 0.3) is 0 Å². The van der Waals surface area contributed by atoms with Crippen LogP contribution in [0.5, 0.6) is 0 Å². The van der Waals surface area contributed by atoms with Gasteiger partial charge in [-0.3, -0.25) is 0 Å². The molecule has 11 heavy (non-hydrogen) atoms. The van der Waals surface area contributed by atoms with Crippen molar-refractivity contribution in [1.29, 1.82) is 0 Å². The minimum absolute atomic E-state index is 0.412. The van der Waals surface area contributed by atoms with Crippen LogP contribution in [0.4, 0.5) is 0 Å². The molecule has 0 aliphatic carbocycles. The molecule has 0 N–H and O–H groups in total. The zero-order valence-electron chi connectivity index (χ0n) is 8.55. The monoisotopic (exact) mass is 158 g/mol. The van der Waals surface area contributed by atoms with Crippen molar-refractivity contribution in [1.82, 2.24) is 0 Å². The highest BCUT2D eigenvalue weighted by Gasteiger charge is 2.18. The summed E-state index contributed by atoms with van der Waals surface area (Å²) in [5, 5.41) is 0. The van der Waals surface area contributed by atoms with Crippen LogP contribution in [-0.2, 0) is 4.74 Å². The van der Waals surface area contributed by atoms with Gasteiger partial charge in [0.25, 0.3) is 0 Å². The van der Waals surface area contributed by atoms with E-state index in [2.05, 4.69) is 27.7 Å². The van der Waals surface area contributed by atoms with Gasteiger partial charge in [0.15, 0.2) is 0 Å². The highest BCUT2D eigenvalue weighted by atomic mass is 16.5. The Labute approximate surface area is 71.1 Å².